The van der Waals surface area contributed by atoms with Crippen LogP contribution in [0, 0.1) is 5.92 Å². The van der Waals surface area contributed by atoms with E-state index >= 15 is 0 Å². The lowest BCUT2D eigenvalue weighted by Crippen LogP contribution is -2.39. The summed E-state index contributed by atoms with van der Waals surface area (Å²) in [6.07, 6.45) is 1.99. The molecule has 94 valence electrons. The number of nitrogens with one attached hydrogen (secondary N) is 1. The molecule has 0 heterocycles. The molecule has 0 fully saturated rings. The molecule has 0 radical (unpaired) electrons. The minimum Gasteiger partial charge on any atom is -0.348 e. The fourth-order valence-electron chi connectivity index (χ4n) is 1.46. The van der Waals surface area contributed by atoms with Crippen molar-refractivity contribution in [2.45, 2.75) is 24.8 Å². The normalized spacial score (nSPS) is 12.5. The van der Waals surface area contributed by atoms with E-state index in [1.54, 1.807) is 11.8 Å². The Morgan fingerprint density at radius 3 is 2.59 bits per heavy atom. The van der Waals surface area contributed by atoms with Crippen LogP contribution in [0.5, 0.6) is 0 Å². The highest BCUT2D eigenvalue weighted by Gasteiger charge is 2.17. The molecule has 0 saturated carbocycles. The third-order valence-electron chi connectivity index (χ3n) is 2.64. The molecule has 1 rings (SSSR count). The third-order valence-corrected chi connectivity index (χ3v) is 4.38. The molecule has 17 heavy (non-hydrogen) atoms. The lowest BCUT2D eigenvalue weighted by Gasteiger charge is -2.20. The zero-order valence-electron chi connectivity index (χ0n) is 10.4. The molecule has 2 nitrogen and oxygen atoms in total. The predicted molar refractivity (Wildman–Crippen MR) is 83.2 cm³/mol. The zero-order chi connectivity index (χ0) is 12.8. The fourth-order valence-corrected chi connectivity index (χ4v) is 3.29. The van der Waals surface area contributed by atoms with E-state index in [1.165, 1.54) is 0 Å². The summed E-state index contributed by atoms with van der Waals surface area (Å²) < 4.78 is 0.933. The van der Waals surface area contributed by atoms with Crippen LogP contribution >= 0.6 is 34.4 Å². The molecule has 0 aliphatic heterocycles. The van der Waals surface area contributed by atoms with E-state index in [4.69, 9.17) is 0 Å². The highest BCUT2D eigenvalue weighted by atomic mass is 127. The van der Waals surface area contributed by atoms with Crippen LogP contribution in [0.1, 0.15) is 24.2 Å². The van der Waals surface area contributed by atoms with Crippen LogP contribution in [0.2, 0.25) is 0 Å². The average Bonchev–Trinajstić information content (AvgIpc) is 2.35. The molecular formula is C13H18INOS. The first kappa shape index (κ1) is 14.8. The van der Waals surface area contributed by atoms with Gasteiger partial charge in [0.25, 0.3) is 5.91 Å². The molecule has 1 amide bonds. The number of carbonyl (C=O) groups excluding carboxylic acids is 1. The summed E-state index contributed by atoms with van der Waals surface area (Å²) in [6, 6.07) is 7.96. The molecule has 1 aromatic rings. The lowest BCUT2D eigenvalue weighted by atomic mass is 10.1. The lowest BCUT2D eigenvalue weighted by molar-refractivity contribution is 0.0929. The fraction of sp³-hybridized carbons (Fsp3) is 0.462. The summed E-state index contributed by atoms with van der Waals surface area (Å²) >= 11 is 3.92. The van der Waals surface area contributed by atoms with Gasteiger partial charge in [0, 0.05) is 15.4 Å². The molecule has 1 aromatic carbocycles. The summed E-state index contributed by atoms with van der Waals surface area (Å²) in [4.78, 5) is 13.2. The Labute approximate surface area is 121 Å². The Kier molecular flexibility index (Phi) is 6.33. The third kappa shape index (κ3) is 4.17. The van der Waals surface area contributed by atoms with E-state index in [1.807, 2.05) is 30.5 Å². The van der Waals surface area contributed by atoms with Gasteiger partial charge in [0.15, 0.2) is 0 Å². The van der Waals surface area contributed by atoms with Gasteiger partial charge in [-0.1, -0.05) is 48.6 Å². The molecule has 0 spiro atoms. The Hall–Kier alpha value is -0.230. The summed E-state index contributed by atoms with van der Waals surface area (Å²) in [6.45, 7) is 4.26. The quantitative estimate of drug-likeness (QED) is 0.492. The van der Waals surface area contributed by atoms with Gasteiger partial charge in [-0.15, -0.1) is 11.8 Å². The van der Waals surface area contributed by atoms with Gasteiger partial charge in [-0.3, -0.25) is 4.79 Å². The zero-order valence-corrected chi connectivity index (χ0v) is 13.3. The molecule has 1 unspecified atom stereocenters. The van der Waals surface area contributed by atoms with Crippen molar-refractivity contribution in [3.8, 4) is 0 Å². The van der Waals surface area contributed by atoms with Gasteiger partial charge < -0.3 is 5.32 Å². The molecule has 0 bridgehead atoms. The maximum Gasteiger partial charge on any atom is 0.252 e. The van der Waals surface area contributed by atoms with Crippen LogP contribution in [-0.2, 0) is 0 Å². The monoisotopic (exact) mass is 363 g/mol. The SMILES string of the molecule is CSc1ccccc1C(=O)NC(CI)C(C)C. The second-order valence-corrected chi connectivity index (χ2v) is 5.91. The molecule has 1 atom stereocenters. The standard InChI is InChI=1S/C13H18INOS/c1-9(2)11(8-14)15-13(16)10-6-4-5-7-12(10)17-3/h4-7,9,11H,8H2,1-3H3,(H,15,16). The number of alkyl halides is 1. The first-order chi connectivity index (χ1) is 8.10. The number of benzene rings is 1. The van der Waals surface area contributed by atoms with E-state index in [9.17, 15) is 4.79 Å². The Bertz CT molecular complexity index is 381. The number of halogens is 1. The second-order valence-electron chi connectivity index (χ2n) is 4.18. The Morgan fingerprint density at radius 2 is 2.06 bits per heavy atom. The van der Waals surface area contributed by atoms with Crippen molar-refractivity contribution in [3.63, 3.8) is 0 Å². The molecule has 0 saturated heterocycles. The van der Waals surface area contributed by atoms with Gasteiger partial charge in [0.05, 0.1) is 5.56 Å². The second kappa shape index (κ2) is 7.26. The number of hydrogen-bond acceptors (Lipinski definition) is 2. The van der Waals surface area contributed by atoms with Crippen molar-refractivity contribution in [1.29, 1.82) is 0 Å². The van der Waals surface area contributed by atoms with Crippen LogP contribution in [0.25, 0.3) is 0 Å². The molecule has 0 aromatic heterocycles. The van der Waals surface area contributed by atoms with Crippen LogP contribution in [0.15, 0.2) is 29.2 Å². The summed E-state index contributed by atoms with van der Waals surface area (Å²) in [5.41, 5.74) is 0.774. The van der Waals surface area contributed by atoms with Crippen molar-refractivity contribution in [2.75, 3.05) is 10.7 Å². The van der Waals surface area contributed by atoms with Gasteiger partial charge >= 0.3 is 0 Å². The molecule has 1 N–H and O–H groups in total. The molecule has 4 heteroatoms. The molecular weight excluding hydrogens is 345 g/mol. The number of hydrogen-bond donors (Lipinski definition) is 1. The maximum atomic E-state index is 12.2. The number of amides is 1. The van der Waals surface area contributed by atoms with E-state index in [2.05, 4.69) is 41.8 Å². The first-order valence-electron chi connectivity index (χ1n) is 5.60. The van der Waals surface area contributed by atoms with Crippen LogP contribution in [-0.4, -0.2) is 22.6 Å². The maximum absolute atomic E-state index is 12.2. The van der Waals surface area contributed by atoms with E-state index < -0.39 is 0 Å². The topological polar surface area (TPSA) is 29.1 Å². The molecule has 0 aliphatic rings. The van der Waals surface area contributed by atoms with Crippen LogP contribution in [0.3, 0.4) is 0 Å². The Morgan fingerprint density at radius 1 is 1.41 bits per heavy atom. The van der Waals surface area contributed by atoms with Crippen molar-refractivity contribution in [3.05, 3.63) is 29.8 Å². The summed E-state index contributed by atoms with van der Waals surface area (Å²) in [7, 11) is 0. The summed E-state index contributed by atoms with van der Waals surface area (Å²) in [5, 5.41) is 3.10. The summed E-state index contributed by atoms with van der Waals surface area (Å²) in [5.74, 6) is 0.489. The van der Waals surface area contributed by atoms with E-state index in [0.717, 1.165) is 14.9 Å². The highest BCUT2D eigenvalue weighted by Crippen LogP contribution is 2.20. The largest absolute Gasteiger partial charge is 0.348 e. The molecule has 0 aliphatic carbocycles. The van der Waals surface area contributed by atoms with Gasteiger partial charge in [0.1, 0.15) is 0 Å². The van der Waals surface area contributed by atoms with Crippen LogP contribution in [0.4, 0.5) is 0 Å². The minimum atomic E-state index is 0.0327. The average molecular weight is 363 g/mol. The number of carbonyl (C=O) groups is 1. The Balaban J connectivity index is 2.82. The van der Waals surface area contributed by atoms with Gasteiger partial charge in [-0.25, -0.2) is 0 Å². The smallest absolute Gasteiger partial charge is 0.252 e. The highest BCUT2D eigenvalue weighted by molar-refractivity contribution is 14.1. The minimum absolute atomic E-state index is 0.0327. The van der Waals surface area contributed by atoms with E-state index in [-0.39, 0.29) is 11.9 Å². The first-order valence-corrected chi connectivity index (χ1v) is 8.35. The van der Waals surface area contributed by atoms with Crippen molar-refractivity contribution in [2.24, 2.45) is 5.92 Å². The van der Waals surface area contributed by atoms with Gasteiger partial charge in [-0.05, 0) is 24.3 Å². The van der Waals surface area contributed by atoms with Crippen molar-refractivity contribution < 1.29 is 4.79 Å². The van der Waals surface area contributed by atoms with Crippen LogP contribution < -0.4 is 5.32 Å². The predicted octanol–water partition coefficient (Wildman–Crippen LogP) is 3.60. The van der Waals surface area contributed by atoms with E-state index in [0.29, 0.717) is 5.92 Å². The van der Waals surface area contributed by atoms with Gasteiger partial charge in [-0.2, -0.15) is 0 Å². The number of rotatable bonds is 5. The van der Waals surface area contributed by atoms with Gasteiger partial charge in [0.2, 0.25) is 0 Å². The van der Waals surface area contributed by atoms with Crippen molar-refractivity contribution >= 4 is 40.3 Å². The number of thioether (sulfide) groups is 1. The van der Waals surface area contributed by atoms with Crippen molar-refractivity contribution in [1.82, 2.24) is 5.32 Å².